The second kappa shape index (κ2) is 5.67. The van der Waals surface area contributed by atoms with Crippen molar-refractivity contribution in [3.8, 4) is 0 Å². The molecule has 0 aliphatic heterocycles. The lowest BCUT2D eigenvalue weighted by molar-refractivity contribution is -0.138. The zero-order chi connectivity index (χ0) is 13.0. The van der Waals surface area contributed by atoms with Crippen molar-refractivity contribution < 1.29 is 14.7 Å². The number of aliphatic carboxylic acids is 1. The van der Waals surface area contributed by atoms with Crippen molar-refractivity contribution >= 4 is 17.6 Å². The van der Waals surface area contributed by atoms with E-state index in [9.17, 15) is 9.59 Å². The topological polar surface area (TPSA) is 66.4 Å². The maximum atomic E-state index is 11.5. The van der Waals surface area contributed by atoms with E-state index in [0.29, 0.717) is 0 Å². The number of hydrogen-bond donors (Lipinski definition) is 2. The van der Waals surface area contributed by atoms with Gasteiger partial charge in [-0.1, -0.05) is 6.07 Å². The number of carboxylic acids is 1. The summed E-state index contributed by atoms with van der Waals surface area (Å²) in [6, 6.07) is 5.96. The number of anilines is 1. The van der Waals surface area contributed by atoms with Crippen molar-refractivity contribution in [2.75, 3.05) is 5.32 Å². The van der Waals surface area contributed by atoms with Crippen molar-refractivity contribution in [2.24, 2.45) is 0 Å². The number of carboxylic acid groups (broad SMARTS) is 1. The van der Waals surface area contributed by atoms with Crippen molar-refractivity contribution in [2.45, 2.75) is 38.5 Å². The molecule has 2 N–H and O–H groups in total. The van der Waals surface area contributed by atoms with Gasteiger partial charge in [0.15, 0.2) is 0 Å². The third-order valence-corrected chi connectivity index (χ3v) is 3.20. The van der Waals surface area contributed by atoms with E-state index < -0.39 is 5.97 Å². The highest BCUT2D eigenvalue weighted by atomic mass is 16.4. The molecule has 0 heterocycles. The second-order valence-corrected chi connectivity index (χ2v) is 4.63. The summed E-state index contributed by atoms with van der Waals surface area (Å²) in [5.41, 5.74) is 3.44. The molecule has 0 unspecified atom stereocenters. The molecule has 0 fully saturated rings. The number of hydrogen-bond acceptors (Lipinski definition) is 2. The fourth-order valence-electron chi connectivity index (χ4n) is 2.26. The van der Waals surface area contributed by atoms with Crippen LogP contribution < -0.4 is 5.32 Å². The summed E-state index contributed by atoms with van der Waals surface area (Å²) in [6.45, 7) is 0. The first kappa shape index (κ1) is 12.6. The van der Waals surface area contributed by atoms with Crippen LogP contribution in [0.4, 0.5) is 5.69 Å². The Morgan fingerprint density at radius 3 is 2.56 bits per heavy atom. The molecule has 1 amide bonds. The Balaban J connectivity index is 1.97. The van der Waals surface area contributed by atoms with Gasteiger partial charge in [-0.15, -0.1) is 0 Å². The molecule has 0 saturated heterocycles. The van der Waals surface area contributed by atoms with Gasteiger partial charge < -0.3 is 10.4 Å². The van der Waals surface area contributed by atoms with Gasteiger partial charge in [-0.3, -0.25) is 9.59 Å². The molecule has 0 atom stereocenters. The Labute approximate surface area is 106 Å². The first-order chi connectivity index (χ1) is 8.65. The summed E-state index contributed by atoms with van der Waals surface area (Å²) in [6.07, 6.45) is 4.50. The molecule has 2 rings (SSSR count). The lowest BCUT2D eigenvalue weighted by Gasteiger charge is -2.16. The van der Waals surface area contributed by atoms with Crippen LogP contribution in [0.2, 0.25) is 0 Å². The van der Waals surface area contributed by atoms with Gasteiger partial charge in [0.1, 0.15) is 0 Å². The van der Waals surface area contributed by atoms with Crippen LogP contribution >= 0.6 is 0 Å². The quantitative estimate of drug-likeness (QED) is 0.858. The Hall–Kier alpha value is -1.84. The molecular weight excluding hydrogens is 230 g/mol. The summed E-state index contributed by atoms with van der Waals surface area (Å²) in [5, 5.41) is 11.3. The first-order valence-corrected chi connectivity index (χ1v) is 6.28. The van der Waals surface area contributed by atoms with E-state index in [4.69, 9.17) is 5.11 Å². The summed E-state index contributed by atoms with van der Waals surface area (Å²) < 4.78 is 0. The average molecular weight is 247 g/mol. The Morgan fingerprint density at radius 2 is 1.83 bits per heavy atom. The van der Waals surface area contributed by atoms with Crippen molar-refractivity contribution in [3.05, 3.63) is 29.3 Å². The zero-order valence-electron chi connectivity index (χ0n) is 10.2. The molecule has 0 radical (unpaired) electrons. The highest BCUT2D eigenvalue weighted by molar-refractivity contribution is 5.92. The van der Waals surface area contributed by atoms with E-state index in [1.165, 1.54) is 24.0 Å². The first-order valence-electron chi connectivity index (χ1n) is 6.28. The summed E-state index contributed by atoms with van der Waals surface area (Å²) in [4.78, 5) is 21.9. The maximum absolute atomic E-state index is 11.5. The number of carbonyl (C=O) groups is 2. The average Bonchev–Trinajstić information content (AvgIpc) is 2.36. The summed E-state index contributed by atoms with van der Waals surface area (Å²) in [5.74, 6) is -1.19. The van der Waals surface area contributed by atoms with Crippen LogP contribution in [0.5, 0.6) is 0 Å². The molecule has 1 aromatic rings. The number of nitrogens with one attached hydrogen (secondary N) is 1. The van der Waals surface area contributed by atoms with Gasteiger partial charge in [-0.05, 0) is 48.9 Å². The lowest BCUT2D eigenvalue weighted by atomic mass is 9.91. The van der Waals surface area contributed by atoms with Crippen LogP contribution in [-0.4, -0.2) is 17.0 Å². The van der Waals surface area contributed by atoms with Crippen molar-refractivity contribution in [1.82, 2.24) is 0 Å². The van der Waals surface area contributed by atoms with Crippen LogP contribution in [0.15, 0.2) is 18.2 Å². The van der Waals surface area contributed by atoms with Crippen molar-refractivity contribution in [1.29, 1.82) is 0 Å². The van der Waals surface area contributed by atoms with E-state index >= 15 is 0 Å². The summed E-state index contributed by atoms with van der Waals surface area (Å²) in [7, 11) is 0. The van der Waals surface area contributed by atoms with Crippen LogP contribution in [0.25, 0.3) is 0 Å². The molecule has 1 aliphatic rings. The molecule has 1 aromatic carbocycles. The molecule has 1 aliphatic carbocycles. The van der Waals surface area contributed by atoms with Gasteiger partial charge in [0.25, 0.3) is 0 Å². The molecule has 0 bridgehead atoms. The second-order valence-electron chi connectivity index (χ2n) is 4.63. The van der Waals surface area contributed by atoms with Crippen molar-refractivity contribution in [3.63, 3.8) is 0 Å². The van der Waals surface area contributed by atoms with Crippen LogP contribution in [0.1, 0.15) is 36.8 Å². The predicted molar refractivity (Wildman–Crippen MR) is 68.6 cm³/mol. The van der Waals surface area contributed by atoms with Gasteiger partial charge >= 0.3 is 5.97 Å². The molecule has 0 saturated carbocycles. The molecule has 0 aromatic heterocycles. The molecule has 4 heteroatoms. The Kier molecular flexibility index (Phi) is 3.97. The van der Waals surface area contributed by atoms with Gasteiger partial charge in [-0.25, -0.2) is 0 Å². The standard InChI is InChI=1S/C14H17NO3/c16-13(7-8-14(17)18)15-12-6-5-10-3-1-2-4-11(10)9-12/h5-6,9H,1-4,7-8H2,(H,15,16)(H,17,18). The lowest BCUT2D eigenvalue weighted by Crippen LogP contribution is -2.14. The van der Waals surface area contributed by atoms with Crippen LogP contribution in [0.3, 0.4) is 0 Å². The molecule has 96 valence electrons. The van der Waals surface area contributed by atoms with E-state index in [2.05, 4.69) is 11.4 Å². The fraction of sp³-hybridized carbons (Fsp3) is 0.429. The Bertz CT molecular complexity index is 468. The predicted octanol–water partition coefficient (Wildman–Crippen LogP) is 2.37. The van der Waals surface area contributed by atoms with Gasteiger partial charge in [0.2, 0.25) is 5.91 Å². The normalized spacial score (nSPS) is 13.8. The fourth-order valence-corrected chi connectivity index (χ4v) is 2.26. The number of rotatable bonds is 4. The van der Waals surface area contributed by atoms with Crippen LogP contribution in [-0.2, 0) is 22.4 Å². The number of amides is 1. The molecule has 18 heavy (non-hydrogen) atoms. The number of aryl methyl sites for hydroxylation is 2. The van der Waals surface area contributed by atoms with Gasteiger partial charge in [0.05, 0.1) is 6.42 Å². The van der Waals surface area contributed by atoms with E-state index in [1.54, 1.807) is 0 Å². The van der Waals surface area contributed by atoms with Gasteiger partial charge in [0, 0.05) is 12.1 Å². The van der Waals surface area contributed by atoms with E-state index in [-0.39, 0.29) is 18.7 Å². The van der Waals surface area contributed by atoms with E-state index in [0.717, 1.165) is 18.5 Å². The van der Waals surface area contributed by atoms with E-state index in [1.807, 2.05) is 12.1 Å². The minimum atomic E-state index is -0.949. The molecule has 0 spiro atoms. The highest BCUT2D eigenvalue weighted by Crippen LogP contribution is 2.24. The smallest absolute Gasteiger partial charge is 0.303 e. The number of benzene rings is 1. The largest absolute Gasteiger partial charge is 0.481 e. The minimum absolute atomic E-state index is 0.0203. The third kappa shape index (κ3) is 3.32. The maximum Gasteiger partial charge on any atom is 0.303 e. The minimum Gasteiger partial charge on any atom is -0.481 e. The SMILES string of the molecule is O=C(O)CCC(=O)Nc1ccc2c(c1)CCCC2. The van der Waals surface area contributed by atoms with Gasteiger partial charge in [-0.2, -0.15) is 0 Å². The number of fused-ring (bicyclic) bond motifs is 1. The molecular formula is C14H17NO3. The third-order valence-electron chi connectivity index (χ3n) is 3.20. The summed E-state index contributed by atoms with van der Waals surface area (Å²) >= 11 is 0. The van der Waals surface area contributed by atoms with Crippen LogP contribution in [0, 0.1) is 0 Å². The monoisotopic (exact) mass is 247 g/mol. The molecule has 4 nitrogen and oxygen atoms in total. The number of carbonyl (C=O) groups excluding carboxylic acids is 1. The Morgan fingerprint density at radius 1 is 1.11 bits per heavy atom. The zero-order valence-corrected chi connectivity index (χ0v) is 10.2. The highest BCUT2D eigenvalue weighted by Gasteiger charge is 2.11.